The first kappa shape index (κ1) is 22.0. The Balaban J connectivity index is 1.45. The van der Waals surface area contributed by atoms with Crippen LogP contribution in [0, 0.1) is 5.82 Å². The molecule has 6 heteroatoms. The monoisotopic (exact) mass is 434 g/mol. The summed E-state index contributed by atoms with van der Waals surface area (Å²) in [6.07, 6.45) is 0. The quantitative estimate of drug-likeness (QED) is 0.577. The van der Waals surface area contributed by atoms with E-state index >= 15 is 0 Å². The summed E-state index contributed by atoms with van der Waals surface area (Å²) in [4.78, 5) is 15.3. The van der Waals surface area contributed by atoms with Crippen molar-refractivity contribution in [1.82, 2.24) is 10.2 Å². The zero-order valence-corrected chi connectivity index (χ0v) is 17.9. The minimum absolute atomic E-state index is 0.0591. The smallest absolute Gasteiger partial charge is 0.251 e. The molecule has 1 unspecified atom stereocenters. The van der Waals surface area contributed by atoms with Crippen molar-refractivity contribution in [2.24, 2.45) is 0 Å². The van der Waals surface area contributed by atoms with Crippen LogP contribution in [-0.4, -0.2) is 43.7 Å². The van der Waals surface area contributed by atoms with Gasteiger partial charge in [0.25, 0.3) is 5.91 Å². The van der Waals surface area contributed by atoms with E-state index in [0.717, 1.165) is 30.0 Å². The van der Waals surface area contributed by atoms with Crippen molar-refractivity contribution >= 4 is 5.91 Å². The van der Waals surface area contributed by atoms with Crippen LogP contribution in [0.3, 0.4) is 0 Å². The second-order valence-corrected chi connectivity index (χ2v) is 7.68. The molecule has 1 saturated heterocycles. The molecule has 0 aromatic heterocycles. The molecule has 0 spiro atoms. The van der Waals surface area contributed by atoms with E-state index in [-0.39, 0.29) is 17.8 Å². The molecule has 1 aliphatic heterocycles. The van der Waals surface area contributed by atoms with Gasteiger partial charge in [0, 0.05) is 30.8 Å². The van der Waals surface area contributed by atoms with Crippen LogP contribution in [0.25, 0.3) is 0 Å². The molecule has 32 heavy (non-hydrogen) atoms. The zero-order chi connectivity index (χ0) is 22.2. The van der Waals surface area contributed by atoms with Crippen molar-refractivity contribution in [3.8, 4) is 5.75 Å². The molecule has 1 aliphatic rings. The van der Waals surface area contributed by atoms with Gasteiger partial charge in [-0.05, 0) is 35.9 Å². The first-order valence-corrected chi connectivity index (χ1v) is 10.8. The fraction of sp³-hybridized carbons (Fsp3) is 0.269. The maximum absolute atomic E-state index is 13.5. The fourth-order valence-corrected chi connectivity index (χ4v) is 3.86. The van der Waals surface area contributed by atoms with Gasteiger partial charge in [0.1, 0.15) is 18.2 Å². The minimum atomic E-state index is -0.272. The second kappa shape index (κ2) is 10.9. The summed E-state index contributed by atoms with van der Waals surface area (Å²) in [7, 11) is 0. The van der Waals surface area contributed by atoms with Crippen LogP contribution in [0.2, 0.25) is 0 Å². The van der Waals surface area contributed by atoms with Crippen LogP contribution in [0.15, 0.2) is 78.9 Å². The molecule has 5 nitrogen and oxygen atoms in total. The van der Waals surface area contributed by atoms with Gasteiger partial charge in [-0.2, -0.15) is 0 Å². The van der Waals surface area contributed by atoms with Crippen molar-refractivity contribution in [3.63, 3.8) is 0 Å². The third-order valence-electron chi connectivity index (χ3n) is 5.60. The third-order valence-corrected chi connectivity index (χ3v) is 5.60. The average molecular weight is 435 g/mol. The lowest BCUT2D eigenvalue weighted by Crippen LogP contribution is -2.44. The highest BCUT2D eigenvalue weighted by Crippen LogP contribution is 2.22. The summed E-state index contributed by atoms with van der Waals surface area (Å²) in [5.41, 5.74) is 2.37. The summed E-state index contributed by atoms with van der Waals surface area (Å²) >= 11 is 0. The van der Waals surface area contributed by atoms with Crippen LogP contribution >= 0.6 is 0 Å². The van der Waals surface area contributed by atoms with E-state index in [0.29, 0.717) is 31.9 Å². The normalized spacial score (nSPS) is 15.2. The lowest BCUT2D eigenvalue weighted by Gasteiger charge is -2.35. The van der Waals surface area contributed by atoms with E-state index in [9.17, 15) is 9.18 Å². The highest BCUT2D eigenvalue weighted by Gasteiger charge is 2.24. The summed E-state index contributed by atoms with van der Waals surface area (Å²) in [5, 5.41) is 3.08. The number of morpholine rings is 1. The molecule has 3 aromatic rings. The number of hydrogen-bond donors (Lipinski definition) is 1. The number of carbonyl (C=O) groups excluding carboxylic acids is 1. The number of benzene rings is 3. The summed E-state index contributed by atoms with van der Waals surface area (Å²) < 4.78 is 24.8. The van der Waals surface area contributed by atoms with E-state index in [2.05, 4.69) is 10.2 Å². The molecule has 0 bridgehead atoms. The molecular weight excluding hydrogens is 407 g/mol. The molecule has 1 atom stereocenters. The van der Waals surface area contributed by atoms with Gasteiger partial charge in [-0.3, -0.25) is 9.69 Å². The predicted molar refractivity (Wildman–Crippen MR) is 121 cm³/mol. The maximum atomic E-state index is 13.5. The topological polar surface area (TPSA) is 50.8 Å². The molecule has 1 fully saturated rings. The van der Waals surface area contributed by atoms with Crippen LogP contribution in [-0.2, 0) is 11.3 Å². The van der Waals surface area contributed by atoms with Crippen LogP contribution < -0.4 is 10.1 Å². The molecular formula is C26H27FN2O3. The molecule has 1 amide bonds. The number of nitrogens with one attached hydrogen (secondary N) is 1. The number of ether oxygens (including phenoxy) is 2. The lowest BCUT2D eigenvalue weighted by atomic mass is 10.0. The minimum Gasteiger partial charge on any atom is -0.489 e. The standard InChI is InChI=1S/C26H27FN2O3/c27-22-12-10-20(11-13-22)25(29-14-16-31-17-15-29)18-28-26(30)24-9-5-4-6-21(24)19-32-23-7-2-1-3-8-23/h1-13,25H,14-19H2,(H,28,30). The van der Waals surface area contributed by atoms with Gasteiger partial charge < -0.3 is 14.8 Å². The van der Waals surface area contributed by atoms with Gasteiger partial charge in [0.05, 0.1) is 19.3 Å². The lowest BCUT2D eigenvalue weighted by molar-refractivity contribution is 0.0162. The number of carbonyl (C=O) groups is 1. The van der Waals surface area contributed by atoms with Crippen molar-refractivity contribution in [3.05, 3.63) is 101 Å². The summed E-state index contributed by atoms with van der Waals surface area (Å²) in [5.74, 6) is 0.329. The molecule has 166 valence electrons. The Labute approximate surface area is 187 Å². The van der Waals surface area contributed by atoms with Gasteiger partial charge in [-0.15, -0.1) is 0 Å². The molecule has 0 radical (unpaired) electrons. The molecule has 3 aromatic carbocycles. The Hall–Kier alpha value is -3.22. The molecule has 4 rings (SSSR count). The number of para-hydroxylation sites is 1. The SMILES string of the molecule is O=C(NCC(c1ccc(F)cc1)N1CCOCC1)c1ccccc1COc1ccccc1. The largest absolute Gasteiger partial charge is 0.489 e. The number of amides is 1. The predicted octanol–water partition coefficient (Wildman–Crippen LogP) is 4.21. The first-order valence-electron chi connectivity index (χ1n) is 10.8. The van der Waals surface area contributed by atoms with E-state index in [1.54, 1.807) is 18.2 Å². The van der Waals surface area contributed by atoms with E-state index < -0.39 is 0 Å². The van der Waals surface area contributed by atoms with E-state index in [4.69, 9.17) is 9.47 Å². The summed E-state index contributed by atoms with van der Waals surface area (Å²) in [6.45, 7) is 3.53. The fourth-order valence-electron chi connectivity index (χ4n) is 3.86. The number of rotatable bonds is 8. The van der Waals surface area contributed by atoms with E-state index in [1.807, 2.05) is 48.5 Å². The Morgan fingerprint density at radius 2 is 1.66 bits per heavy atom. The van der Waals surface area contributed by atoms with Gasteiger partial charge >= 0.3 is 0 Å². The van der Waals surface area contributed by atoms with Crippen molar-refractivity contribution in [1.29, 1.82) is 0 Å². The van der Waals surface area contributed by atoms with Gasteiger partial charge in [-0.1, -0.05) is 48.5 Å². The van der Waals surface area contributed by atoms with Gasteiger partial charge in [0.2, 0.25) is 0 Å². The Morgan fingerprint density at radius 1 is 0.969 bits per heavy atom. The van der Waals surface area contributed by atoms with Gasteiger partial charge in [-0.25, -0.2) is 4.39 Å². The first-order chi connectivity index (χ1) is 15.7. The van der Waals surface area contributed by atoms with Crippen molar-refractivity contribution < 1.29 is 18.7 Å². The zero-order valence-electron chi connectivity index (χ0n) is 17.9. The number of hydrogen-bond acceptors (Lipinski definition) is 4. The molecule has 1 N–H and O–H groups in total. The second-order valence-electron chi connectivity index (χ2n) is 7.68. The van der Waals surface area contributed by atoms with Crippen molar-refractivity contribution in [2.75, 3.05) is 32.8 Å². The van der Waals surface area contributed by atoms with Crippen LogP contribution in [0.4, 0.5) is 4.39 Å². The van der Waals surface area contributed by atoms with E-state index in [1.165, 1.54) is 12.1 Å². The van der Waals surface area contributed by atoms with Crippen LogP contribution in [0.5, 0.6) is 5.75 Å². The summed E-state index contributed by atoms with van der Waals surface area (Å²) in [6, 6.07) is 23.4. The van der Waals surface area contributed by atoms with Gasteiger partial charge in [0.15, 0.2) is 0 Å². The third kappa shape index (κ3) is 5.72. The Kier molecular flexibility index (Phi) is 7.48. The highest BCUT2D eigenvalue weighted by atomic mass is 19.1. The van der Waals surface area contributed by atoms with Crippen molar-refractivity contribution in [2.45, 2.75) is 12.6 Å². The number of nitrogens with zero attached hydrogens (tertiary/aromatic N) is 1. The molecule has 0 aliphatic carbocycles. The number of halogens is 1. The Morgan fingerprint density at radius 3 is 2.41 bits per heavy atom. The van der Waals surface area contributed by atoms with Crippen LogP contribution in [0.1, 0.15) is 27.5 Å². The Bertz CT molecular complexity index is 1010. The molecule has 0 saturated carbocycles. The maximum Gasteiger partial charge on any atom is 0.251 e. The highest BCUT2D eigenvalue weighted by molar-refractivity contribution is 5.95. The molecule has 1 heterocycles. The average Bonchev–Trinajstić information content (AvgIpc) is 2.85.